The molecular weight excluding hydrogens is 232 g/mol. The molecular formula is C12H18N4O2. The molecule has 6 heteroatoms. The van der Waals surface area contributed by atoms with Gasteiger partial charge in [-0.2, -0.15) is 0 Å². The van der Waals surface area contributed by atoms with Crippen LogP contribution in [0, 0.1) is 11.3 Å². The summed E-state index contributed by atoms with van der Waals surface area (Å²) in [5, 5.41) is 21.0. The van der Waals surface area contributed by atoms with Crippen LogP contribution in [0.2, 0.25) is 0 Å². The van der Waals surface area contributed by atoms with Crippen molar-refractivity contribution < 1.29 is 9.90 Å². The van der Waals surface area contributed by atoms with Crippen molar-refractivity contribution in [1.82, 2.24) is 20.2 Å². The number of rotatable bonds is 5. The van der Waals surface area contributed by atoms with Gasteiger partial charge >= 0.3 is 5.97 Å². The Labute approximate surface area is 105 Å². The Bertz CT molecular complexity index is 478. The van der Waals surface area contributed by atoms with Gasteiger partial charge < -0.3 is 5.11 Å². The van der Waals surface area contributed by atoms with E-state index in [0.717, 1.165) is 25.1 Å². The van der Waals surface area contributed by atoms with E-state index in [1.54, 1.807) is 4.68 Å². The zero-order chi connectivity index (χ0) is 12.9. The van der Waals surface area contributed by atoms with Crippen LogP contribution < -0.4 is 0 Å². The van der Waals surface area contributed by atoms with E-state index >= 15 is 0 Å². The standard InChI is InChI=1S/C12H18N4O2/c1-12(2)6-8(12)11-13-14-15-16(11)9(5-10(17)18)7-3-4-7/h7-9H,3-6H2,1-2H3,(H,17,18). The summed E-state index contributed by atoms with van der Waals surface area (Å²) >= 11 is 0. The zero-order valence-electron chi connectivity index (χ0n) is 10.7. The van der Waals surface area contributed by atoms with Gasteiger partial charge in [0, 0.05) is 5.92 Å². The summed E-state index contributed by atoms with van der Waals surface area (Å²) in [6, 6.07) is -0.0658. The maximum atomic E-state index is 11.0. The molecule has 0 aromatic carbocycles. The quantitative estimate of drug-likeness (QED) is 0.858. The topological polar surface area (TPSA) is 80.9 Å². The Kier molecular flexibility index (Phi) is 2.43. The molecule has 3 rings (SSSR count). The van der Waals surface area contributed by atoms with E-state index in [1.165, 1.54) is 0 Å². The lowest BCUT2D eigenvalue weighted by Gasteiger charge is -2.16. The fraction of sp³-hybridized carbons (Fsp3) is 0.833. The molecule has 0 amide bonds. The largest absolute Gasteiger partial charge is 0.481 e. The van der Waals surface area contributed by atoms with Crippen LogP contribution in [0.4, 0.5) is 0 Å². The fourth-order valence-electron chi connectivity index (χ4n) is 2.69. The summed E-state index contributed by atoms with van der Waals surface area (Å²) in [5.41, 5.74) is 0.254. The average molecular weight is 250 g/mol. The molecule has 1 aromatic heterocycles. The van der Waals surface area contributed by atoms with Gasteiger partial charge in [0.25, 0.3) is 0 Å². The van der Waals surface area contributed by atoms with E-state index in [0.29, 0.717) is 11.8 Å². The first-order valence-corrected chi connectivity index (χ1v) is 6.48. The molecule has 1 N–H and O–H groups in total. The van der Waals surface area contributed by atoms with Gasteiger partial charge in [-0.1, -0.05) is 13.8 Å². The molecule has 1 aromatic rings. The predicted octanol–water partition coefficient (Wildman–Crippen LogP) is 1.61. The van der Waals surface area contributed by atoms with Crippen molar-refractivity contribution in [2.45, 2.75) is 51.5 Å². The molecule has 0 radical (unpaired) electrons. The second-order valence-electron chi connectivity index (χ2n) is 6.23. The number of carboxylic acid groups (broad SMARTS) is 1. The second-order valence-corrected chi connectivity index (χ2v) is 6.23. The molecule has 1 heterocycles. The smallest absolute Gasteiger partial charge is 0.305 e. The lowest BCUT2D eigenvalue weighted by molar-refractivity contribution is -0.138. The van der Waals surface area contributed by atoms with Crippen molar-refractivity contribution in [2.75, 3.05) is 0 Å². The minimum Gasteiger partial charge on any atom is -0.481 e. The fourth-order valence-corrected chi connectivity index (χ4v) is 2.69. The van der Waals surface area contributed by atoms with Crippen molar-refractivity contribution in [3.63, 3.8) is 0 Å². The second kappa shape index (κ2) is 3.76. The first-order valence-electron chi connectivity index (χ1n) is 6.48. The molecule has 2 unspecified atom stereocenters. The number of carbonyl (C=O) groups is 1. The van der Waals surface area contributed by atoms with Crippen LogP contribution in [-0.4, -0.2) is 31.3 Å². The third-order valence-corrected chi connectivity index (χ3v) is 4.21. The molecule has 0 bridgehead atoms. The van der Waals surface area contributed by atoms with Gasteiger partial charge in [-0.25, -0.2) is 4.68 Å². The molecule has 18 heavy (non-hydrogen) atoms. The maximum Gasteiger partial charge on any atom is 0.305 e. The lowest BCUT2D eigenvalue weighted by atomic mass is 10.1. The van der Waals surface area contributed by atoms with Crippen molar-refractivity contribution in [3.05, 3.63) is 5.82 Å². The lowest BCUT2D eigenvalue weighted by Crippen LogP contribution is -2.19. The van der Waals surface area contributed by atoms with Gasteiger partial charge in [-0.05, 0) is 41.0 Å². The highest BCUT2D eigenvalue weighted by molar-refractivity contribution is 5.67. The molecule has 2 atom stereocenters. The third-order valence-electron chi connectivity index (χ3n) is 4.21. The minimum atomic E-state index is -0.775. The number of hydrogen-bond acceptors (Lipinski definition) is 4. The highest BCUT2D eigenvalue weighted by atomic mass is 16.4. The van der Waals surface area contributed by atoms with Gasteiger partial charge in [0.05, 0.1) is 12.5 Å². The van der Waals surface area contributed by atoms with Gasteiger partial charge in [0.1, 0.15) is 0 Å². The van der Waals surface area contributed by atoms with Gasteiger partial charge in [0.15, 0.2) is 5.82 Å². The highest BCUT2D eigenvalue weighted by Crippen LogP contribution is 2.58. The minimum absolute atomic E-state index is 0.0658. The first-order chi connectivity index (χ1) is 8.49. The van der Waals surface area contributed by atoms with E-state index in [1.807, 2.05) is 0 Å². The van der Waals surface area contributed by atoms with E-state index in [9.17, 15) is 4.79 Å². The van der Waals surface area contributed by atoms with E-state index < -0.39 is 5.97 Å². The van der Waals surface area contributed by atoms with Crippen LogP contribution in [-0.2, 0) is 4.79 Å². The Morgan fingerprint density at radius 2 is 2.22 bits per heavy atom. The van der Waals surface area contributed by atoms with Crippen LogP contribution in [0.25, 0.3) is 0 Å². The zero-order valence-corrected chi connectivity index (χ0v) is 10.7. The Balaban J connectivity index is 1.86. The van der Waals surface area contributed by atoms with Gasteiger partial charge in [-0.15, -0.1) is 5.10 Å². The summed E-state index contributed by atoms with van der Waals surface area (Å²) in [6.45, 7) is 4.39. The number of aromatic nitrogens is 4. The third kappa shape index (κ3) is 2.00. The van der Waals surface area contributed by atoms with Crippen LogP contribution >= 0.6 is 0 Å². The van der Waals surface area contributed by atoms with Crippen molar-refractivity contribution in [1.29, 1.82) is 0 Å². The van der Waals surface area contributed by atoms with Crippen LogP contribution in [0.1, 0.15) is 57.3 Å². The number of carboxylic acids is 1. The summed E-state index contributed by atoms with van der Waals surface area (Å²) in [4.78, 5) is 11.0. The number of hydrogen-bond donors (Lipinski definition) is 1. The summed E-state index contributed by atoms with van der Waals surface area (Å²) in [5.74, 6) is 0.911. The molecule has 0 saturated heterocycles. The molecule has 98 valence electrons. The average Bonchev–Trinajstić information content (AvgIpc) is 3.15. The SMILES string of the molecule is CC1(C)CC1c1nnnn1C(CC(=O)O)C1CC1. The highest BCUT2D eigenvalue weighted by Gasteiger charge is 2.51. The summed E-state index contributed by atoms with van der Waals surface area (Å²) < 4.78 is 1.78. The maximum absolute atomic E-state index is 11.0. The van der Waals surface area contributed by atoms with Crippen LogP contribution in [0.3, 0.4) is 0 Å². The molecule has 2 aliphatic rings. The first kappa shape index (κ1) is 11.6. The Morgan fingerprint density at radius 3 is 2.72 bits per heavy atom. The molecule has 6 nitrogen and oxygen atoms in total. The van der Waals surface area contributed by atoms with Crippen molar-refractivity contribution in [3.8, 4) is 0 Å². The normalized spacial score (nSPS) is 26.9. The number of tetrazole rings is 1. The van der Waals surface area contributed by atoms with E-state index in [2.05, 4.69) is 29.4 Å². The summed E-state index contributed by atoms with van der Waals surface area (Å²) in [6.07, 6.45) is 3.38. The van der Waals surface area contributed by atoms with Gasteiger partial charge in [-0.3, -0.25) is 4.79 Å². The number of nitrogens with zero attached hydrogens (tertiary/aromatic N) is 4. The Morgan fingerprint density at radius 1 is 1.56 bits per heavy atom. The van der Waals surface area contributed by atoms with Gasteiger partial charge in [0.2, 0.25) is 0 Å². The molecule has 2 aliphatic carbocycles. The number of aliphatic carboxylic acids is 1. The van der Waals surface area contributed by atoms with Crippen LogP contribution in [0.15, 0.2) is 0 Å². The van der Waals surface area contributed by atoms with E-state index in [-0.39, 0.29) is 17.9 Å². The molecule has 2 saturated carbocycles. The predicted molar refractivity (Wildman–Crippen MR) is 63.0 cm³/mol. The molecule has 0 aliphatic heterocycles. The summed E-state index contributed by atoms with van der Waals surface area (Å²) in [7, 11) is 0. The Hall–Kier alpha value is -1.46. The molecule has 0 spiro atoms. The van der Waals surface area contributed by atoms with E-state index in [4.69, 9.17) is 5.11 Å². The van der Waals surface area contributed by atoms with Crippen LogP contribution in [0.5, 0.6) is 0 Å². The molecule has 2 fully saturated rings. The van der Waals surface area contributed by atoms with Crippen molar-refractivity contribution >= 4 is 5.97 Å². The monoisotopic (exact) mass is 250 g/mol. The van der Waals surface area contributed by atoms with Crippen molar-refractivity contribution in [2.24, 2.45) is 11.3 Å².